The van der Waals surface area contributed by atoms with E-state index in [0.717, 1.165) is 11.3 Å². The number of urea groups is 1. The number of aromatic nitrogens is 2. The summed E-state index contributed by atoms with van der Waals surface area (Å²) in [6, 6.07) is 8.91. The monoisotopic (exact) mass is 604 g/mol. The van der Waals surface area contributed by atoms with E-state index in [4.69, 9.17) is 16.3 Å². The van der Waals surface area contributed by atoms with Gasteiger partial charge in [-0.15, -0.1) is 0 Å². The predicted octanol–water partition coefficient (Wildman–Crippen LogP) is 4.72. The third-order valence-corrected chi connectivity index (χ3v) is 8.45. The van der Waals surface area contributed by atoms with Crippen molar-refractivity contribution in [1.29, 1.82) is 0 Å². The zero-order valence-electron chi connectivity index (χ0n) is 22.4. The lowest BCUT2D eigenvalue weighted by atomic mass is 9.99. The maximum atomic E-state index is 13.5. The molecule has 1 atom stereocenters. The van der Waals surface area contributed by atoms with Crippen LogP contribution in [0.2, 0.25) is 5.02 Å². The fourth-order valence-corrected chi connectivity index (χ4v) is 6.32. The van der Waals surface area contributed by atoms with E-state index in [-0.39, 0.29) is 38.1 Å². The van der Waals surface area contributed by atoms with Gasteiger partial charge in [0.25, 0.3) is 5.91 Å². The number of aromatic amines is 1. The first-order valence-electron chi connectivity index (χ1n) is 13.7. The number of carbonyl (C=O) groups excluding carboxylic acids is 3. The highest BCUT2D eigenvalue weighted by Gasteiger charge is 2.41. The van der Waals surface area contributed by atoms with Gasteiger partial charge < -0.3 is 24.8 Å². The molecule has 0 bridgehead atoms. The van der Waals surface area contributed by atoms with Crippen LogP contribution in [0.3, 0.4) is 0 Å². The van der Waals surface area contributed by atoms with Gasteiger partial charge in [0.15, 0.2) is 6.10 Å². The van der Waals surface area contributed by atoms with Crippen LogP contribution >= 0.6 is 11.6 Å². The summed E-state index contributed by atoms with van der Waals surface area (Å²) in [6.45, 7) is -0.747. The smallest absolute Gasteiger partial charge is 0.410 e. The van der Waals surface area contributed by atoms with Gasteiger partial charge in [-0.2, -0.15) is 18.3 Å². The average Bonchev–Trinajstić information content (AvgIpc) is 3.34. The molecule has 4 heterocycles. The first-order chi connectivity index (χ1) is 20.1. The van der Waals surface area contributed by atoms with E-state index in [1.807, 2.05) is 24.3 Å². The number of ether oxygens (including phenoxy) is 1. The molecule has 3 aliphatic rings. The summed E-state index contributed by atoms with van der Waals surface area (Å²) in [6.07, 6.45) is -3.88. The summed E-state index contributed by atoms with van der Waals surface area (Å²) in [5, 5.41) is 10.4. The number of halogens is 4. The summed E-state index contributed by atoms with van der Waals surface area (Å²) in [5.74, 6) is -0.930. The molecule has 1 fully saturated rings. The van der Waals surface area contributed by atoms with E-state index in [0.29, 0.717) is 57.8 Å². The third kappa shape index (κ3) is 5.57. The Bertz CT molecular complexity index is 1540. The van der Waals surface area contributed by atoms with E-state index >= 15 is 0 Å². The van der Waals surface area contributed by atoms with Crippen molar-refractivity contribution >= 4 is 46.2 Å². The van der Waals surface area contributed by atoms with Crippen molar-refractivity contribution in [2.75, 3.05) is 31.5 Å². The Morgan fingerprint density at radius 2 is 1.88 bits per heavy atom. The lowest BCUT2D eigenvalue weighted by molar-refractivity contribution is -0.167. The van der Waals surface area contributed by atoms with Gasteiger partial charge in [0.2, 0.25) is 0 Å². The molecule has 2 N–H and O–H groups in total. The van der Waals surface area contributed by atoms with Gasteiger partial charge in [0.05, 0.1) is 16.7 Å². The Morgan fingerprint density at radius 1 is 1.12 bits per heavy atom. The largest absolute Gasteiger partial charge is 0.436 e. The molecule has 0 spiro atoms. The fourth-order valence-electron chi connectivity index (χ4n) is 6.05. The van der Waals surface area contributed by atoms with Gasteiger partial charge in [-0.05, 0) is 48.1 Å². The van der Waals surface area contributed by atoms with Crippen molar-refractivity contribution in [3.8, 4) is 0 Å². The molecule has 4 amide bonds. The number of para-hydroxylation sites is 1. The van der Waals surface area contributed by atoms with E-state index in [1.165, 1.54) is 11.1 Å². The molecule has 222 valence electrons. The van der Waals surface area contributed by atoms with Gasteiger partial charge in [-0.3, -0.25) is 9.89 Å². The molecule has 0 aliphatic carbocycles. The first kappa shape index (κ1) is 28.1. The van der Waals surface area contributed by atoms with E-state index < -0.39 is 30.8 Å². The molecular weight excluding hydrogens is 577 g/mol. The number of carbonyl (C=O) groups is 3. The van der Waals surface area contributed by atoms with Gasteiger partial charge in [0, 0.05) is 49.7 Å². The molecular formula is C28H28ClF3N6O4. The van der Waals surface area contributed by atoms with Crippen LogP contribution in [0.5, 0.6) is 0 Å². The summed E-state index contributed by atoms with van der Waals surface area (Å²) in [5.41, 5.74) is 3.28. The minimum absolute atomic E-state index is 0.100. The van der Waals surface area contributed by atoms with Crippen LogP contribution in [-0.4, -0.2) is 87.4 Å². The molecule has 3 aromatic rings. The topological polar surface area (TPSA) is 111 Å². The molecule has 1 saturated heterocycles. The third-order valence-electron chi connectivity index (χ3n) is 8.15. The Balaban J connectivity index is 1.15. The van der Waals surface area contributed by atoms with Crippen molar-refractivity contribution < 1.29 is 32.3 Å². The number of rotatable bonds is 3. The van der Waals surface area contributed by atoms with Crippen molar-refractivity contribution in [2.45, 2.75) is 50.6 Å². The standard InChI is InChI=1S/C28H28ClF3N6O4/c29-21-11-17-12-23(25(39)37(15-28(30,31)32)14-20(17)19-13-33-35-24(19)21)42-27(41)36-8-6-18(7-9-36)38-10-5-16-3-1-2-4-22(16)34-26(38)40/h1-4,11,13,18,23H,5-10,12,14-15H2,(H,33,35)(H,34,40). The highest BCUT2D eigenvalue weighted by molar-refractivity contribution is 6.35. The summed E-state index contributed by atoms with van der Waals surface area (Å²) in [4.78, 5) is 43.3. The number of hydrogen-bond acceptors (Lipinski definition) is 5. The number of nitrogens with zero attached hydrogens (tertiary/aromatic N) is 4. The van der Waals surface area contributed by atoms with Crippen molar-refractivity contribution in [2.24, 2.45) is 0 Å². The second kappa shape index (κ2) is 11.0. The zero-order valence-corrected chi connectivity index (χ0v) is 23.2. The summed E-state index contributed by atoms with van der Waals surface area (Å²) >= 11 is 6.37. The SMILES string of the molecule is O=C(OC1Cc2cc(Cl)c3[nH]ncc3c2CN(CC(F)(F)F)C1=O)N1CCC(N2CCc3ccccc3NC2=O)CC1. The second-order valence-corrected chi connectivity index (χ2v) is 11.2. The molecule has 1 unspecified atom stereocenters. The van der Waals surface area contributed by atoms with Crippen LogP contribution < -0.4 is 5.32 Å². The van der Waals surface area contributed by atoms with Crippen LogP contribution in [0.4, 0.5) is 28.4 Å². The number of benzene rings is 2. The lowest BCUT2D eigenvalue weighted by Crippen LogP contribution is -2.51. The number of H-pyrrole nitrogens is 1. The van der Waals surface area contributed by atoms with Crippen LogP contribution in [0, 0.1) is 0 Å². The maximum absolute atomic E-state index is 13.5. The number of alkyl halides is 3. The summed E-state index contributed by atoms with van der Waals surface area (Å²) < 4.78 is 46.0. The maximum Gasteiger partial charge on any atom is 0.410 e. The molecule has 42 heavy (non-hydrogen) atoms. The molecule has 6 rings (SSSR count). The Hall–Kier alpha value is -4.00. The van der Waals surface area contributed by atoms with Crippen molar-refractivity contribution in [1.82, 2.24) is 24.9 Å². The Morgan fingerprint density at radius 3 is 2.64 bits per heavy atom. The predicted molar refractivity (Wildman–Crippen MR) is 147 cm³/mol. The molecule has 14 heteroatoms. The minimum Gasteiger partial charge on any atom is -0.436 e. The van der Waals surface area contributed by atoms with E-state index in [9.17, 15) is 27.6 Å². The number of nitrogens with one attached hydrogen (secondary N) is 2. The highest BCUT2D eigenvalue weighted by atomic mass is 35.5. The average molecular weight is 605 g/mol. The zero-order chi connectivity index (χ0) is 29.6. The van der Waals surface area contributed by atoms with Gasteiger partial charge in [-0.25, -0.2) is 9.59 Å². The van der Waals surface area contributed by atoms with Crippen LogP contribution in [0.15, 0.2) is 36.5 Å². The number of anilines is 1. The second-order valence-electron chi connectivity index (χ2n) is 10.8. The fraction of sp³-hybridized carbons (Fsp3) is 0.429. The molecule has 10 nitrogen and oxygen atoms in total. The Labute approximate surface area is 243 Å². The highest BCUT2D eigenvalue weighted by Crippen LogP contribution is 2.34. The molecule has 3 aliphatic heterocycles. The molecule has 2 aromatic carbocycles. The lowest BCUT2D eigenvalue weighted by Gasteiger charge is -2.37. The van der Waals surface area contributed by atoms with Crippen LogP contribution in [0.1, 0.15) is 29.5 Å². The molecule has 0 radical (unpaired) electrons. The molecule has 0 saturated carbocycles. The normalized spacial score (nSPS) is 20.1. The number of amides is 4. The van der Waals surface area contributed by atoms with Gasteiger partial charge in [-0.1, -0.05) is 29.8 Å². The number of hydrogen-bond donors (Lipinski definition) is 2. The van der Waals surface area contributed by atoms with E-state index in [2.05, 4.69) is 15.5 Å². The van der Waals surface area contributed by atoms with Crippen LogP contribution in [-0.2, 0) is 28.9 Å². The Kier molecular flexibility index (Phi) is 7.37. The quantitative estimate of drug-likeness (QED) is 0.449. The number of piperidine rings is 1. The minimum atomic E-state index is -4.65. The van der Waals surface area contributed by atoms with Gasteiger partial charge in [0.1, 0.15) is 6.54 Å². The number of likely N-dealkylation sites (tertiary alicyclic amines) is 1. The van der Waals surface area contributed by atoms with Gasteiger partial charge >= 0.3 is 18.3 Å². The molecule has 1 aromatic heterocycles. The summed E-state index contributed by atoms with van der Waals surface area (Å²) in [7, 11) is 0. The number of fused-ring (bicyclic) bond motifs is 4. The van der Waals surface area contributed by atoms with E-state index in [1.54, 1.807) is 11.0 Å². The van der Waals surface area contributed by atoms with Crippen LogP contribution in [0.25, 0.3) is 10.9 Å². The van der Waals surface area contributed by atoms with Crippen molar-refractivity contribution in [3.05, 3.63) is 58.2 Å². The first-order valence-corrected chi connectivity index (χ1v) is 14.0. The van der Waals surface area contributed by atoms with Crippen molar-refractivity contribution in [3.63, 3.8) is 0 Å².